The van der Waals surface area contributed by atoms with Crippen molar-refractivity contribution in [2.24, 2.45) is 4.99 Å². The van der Waals surface area contributed by atoms with Crippen LogP contribution in [0.3, 0.4) is 0 Å². The minimum atomic E-state index is -4.16. The summed E-state index contributed by atoms with van der Waals surface area (Å²) >= 11 is 0. The second-order valence-corrected chi connectivity index (χ2v) is 6.64. The molecule has 2 rings (SSSR count). The number of hydrogen-bond donors (Lipinski definition) is 1. The van der Waals surface area contributed by atoms with Crippen molar-refractivity contribution in [3.05, 3.63) is 29.8 Å². The molecule has 0 radical (unpaired) electrons. The summed E-state index contributed by atoms with van der Waals surface area (Å²) in [7, 11) is 3.17. The van der Waals surface area contributed by atoms with Crippen LogP contribution in [0.15, 0.2) is 29.3 Å². The summed E-state index contributed by atoms with van der Waals surface area (Å²) in [5, 5.41) is 3.17. The fourth-order valence-corrected chi connectivity index (χ4v) is 3.08. The SMILES string of the molecule is CN=C(NCCN(C)CC(F)(F)F)N1CCN(c2cccc(C)c2)CC1. The van der Waals surface area contributed by atoms with Gasteiger partial charge in [-0.05, 0) is 31.7 Å². The fraction of sp³-hybridized carbons (Fsp3) is 0.611. The number of nitrogens with zero attached hydrogens (tertiary/aromatic N) is 4. The second kappa shape index (κ2) is 9.12. The van der Waals surface area contributed by atoms with Crippen LogP contribution in [0, 0.1) is 6.92 Å². The zero-order chi connectivity index (χ0) is 19.2. The highest BCUT2D eigenvalue weighted by Gasteiger charge is 2.29. The van der Waals surface area contributed by atoms with Gasteiger partial charge in [-0.25, -0.2) is 0 Å². The molecule has 0 aromatic heterocycles. The summed E-state index contributed by atoms with van der Waals surface area (Å²) < 4.78 is 37.1. The topological polar surface area (TPSA) is 34.1 Å². The van der Waals surface area contributed by atoms with E-state index < -0.39 is 12.7 Å². The van der Waals surface area contributed by atoms with Crippen molar-refractivity contribution in [2.75, 3.05) is 64.8 Å². The third kappa shape index (κ3) is 6.40. The number of guanidine groups is 1. The van der Waals surface area contributed by atoms with E-state index in [1.165, 1.54) is 23.2 Å². The standard InChI is InChI=1S/C18H28F3N5/c1-15-5-4-6-16(13-15)25-9-11-26(12-10-25)17(22-2)23-7-8-24(3)14-18(19,20)21/h4-6,13H,7-12,14H2,1-3H3,(H,22,23). The van der Waals surface area contributed by atoms with Gasteiger partial charge in [0, 0.05) is 52.0 Å². The number of aliphatic imine (C=N–C) groups is 1. The number of rotatable bonds is 5. The van der Waals surface area contributed by atoms with Gasteiger partial charge in [-0.3, -0.25) is 9.89 Å². The molecular weight excluding hydrogens is 343 g/mol. The van der Waals surface area contributed by atoms with E-state index in [0.717, 1.165) is 32.1 Å². The molecule has 0 amide bonds. The lowest BCUT2D eigenvalue weighted by Crippen LogP contribution is -2.53. The molecule has 0 saturated carbocycles. The summed E-state index contributed by atoms with van der Waals surface area (Å²) in [4.78, 5) is 10.0. The van der Waals surface area contributed by atoms with Gasteiger partial charge in [0.05, 0.1) is 6.54 Å². The van der Waals surface area contributed by atoms with Gasteiger partial charge in [0.15, 0.2) is 5.96 Å². The quantitative estimate of drug-likeness (QED) is 0.636. The van der Waals surface area contributed by atoms with Crippen molar-refractivity contribution >= 4 is 11.6 Å². The minimum Gasteiger partial charge on any atom is -0.368 e. The van der Waals surface area contributed by atoms with Crippen molar-refractivity contribution < 1.29 is 13.2 Å². The first-order chi connectivity index (χ1) is 12.3. The molecule has 1 saturated heterocycles. The summed E-state index contributed by atoms with van der Waals surface area (Å²) in [6.45, 7) is 5.34. The summed E-state index contributed by atoms with van der Waals surface area (Å²) in [5.74, 6) is 0.745. The lowest BCUT2D eigenvalue weighted by atomic mass is 10.2. The van der Waals surface area contributed by atoms with E-state index in [2.05, 4.69) is 51.3 Å². The number of nitrogens with one attached hydrogen (secondary N) is 1. The average Bonchev–Trinajstić information content (AvgIpc) is 2.57. The first-order valence-electron chi connectivity index (χ1n) is 8.81. The van der Waals surface area contributed by atoms with Crippen LogP contribution >= 0.6 is 0 Å². The number of aryl methyl sites for hydroxylation is 1. The van der Waals surface area contributed by atoms with Crippen LogP contribution in [-0.2, 0) is 0 Å². The van der Waals surface area contributed by atoms with Crippen LogP contribution in [0.2, 0.25) is 0 Å². The van der Waals surface area contributed by atoms with Crippen molar-refractivity contribution in [1.82, 2.24) is 15.1 Å². The number of alkyl halides is 3. The molecule has 0 spiro atoms. The molecule has 0 aliphatic carbocycles. The number of anilines is 1. The van der Waals surface area contributed by atoms with Gasteiger partial charge < -0.3 is 15.1 Å². The molecule has 5 nitrogen and oxygen atoms in total. The van der Waals surface area contributed by atoms with Gasteiger partial charge in [-0.2, -0.15) is 13.2 Å². The monoisotopic (exact) mass is 371 g/mol. The highest BCUT2D eigenvalue weighted by atomic mass is 19.4. The highest BCUT2D eigenvalue weighted by molar-refractivity contribution is 5.80. The Hall–Kier alpha value is -1.96. The van der Waals surface area contributed by atoms with Crippen LogP contribution in [0.1, 0.15) is 5.56 Å². The third-order valence-electron chi connectivity index (χ3n) is 4.38. The highest BCUT2D eigenvalue weighted by Crippen LogP contribution is 2.18. The molecule has 0 bridgehead atoms. The zero-order valence-corrected chi connectivity index (χ0v) is 15.7. The molecule has 1 fully saturated rings. The minimum absolute atomic E-state index is 0.307. The molecule has 1 aromatic carbocycles. The average molecular weight is 371 g/mol. The maximum Gasteiger partial charge on any atom is 0.401 e. The summed E-state index contributed by atoms with van der Waals surface area (Å²) in [5.41, 5.74) is 2.46. The van der Waals surface area contributed by atoms with Crippen LogP contribution in [-0.4, -0.2) is 81.8 Å². The predicted octanol–water partition coefficient (Wildman–Crippen LogP) is 2.19. The third-order valence-corrected chi connectivity index (χ3v) is 4.38. The van der Waals surface area contributed by atoms with Crippen molar-refractivity contribution in [2.45, 2.75) is 13.1 Å². The van der Waals surface area contributed by atoms with Gasteiger partial charge >= 0.3 is 6.18 Å². The molecule has 0 unspecified atom stereocenters. The van der Waals surface area contributed by atoms with E-state index in [-0.39, 0.29) is 0 Å². The molecule has 1 aromatic rings. The lowest BCUT2D eigenvalue weighted by Gasteiger charge is -2.38. The fourth-order valence-electron chi connectivity index (χ4n) is 3.08. The van der Waals surface area contributed by atoms with Crippen molar-refractivity contribution in [3.8, 4) is 0 Å². The normalized spacial score (nSPS) is 16.3. The number of benzene rings is 1. The number of piperazine rings is 1. The molecule has 26 heavy (non-hydrogen) atoms. The van der Waals surface area contributed by atoms with Crippen LogP contribution in [0.25, 0.3) is 0 Å². The largest absolute Gasteiger partial charge is 0.401 e. The van der Waals surface area contributed by atoms with Gasteiger partial charge in [-0.15, -0.1) is 0 Å². The van der Waals surface area contributed by atoms with Crippen LogP contribution in [0.5, 0.6) is 0 Å². The Labute approximate surface area is 153 Å². The molecule has 146 valence electrons. The van der Waals surface area contributed by atoms with Crippen molar-refractivity contribution in [3.63, 3.8) is 0 Å². The first-order valence-corrected chi connectivity index (χ1v) is 8.81. The molecule has 1 N–H and O–H groups in total. The van der Waals surface area contributed by atoms with E-state index in [1.807, 2.05) is 0 Å². The Kier molecular flexibility index (Phi) is 7.14. The van der Waals surface area contributed by atoms with Crippen LogP contribution in [0.4, 0.5) is 18.9 Å². The van der Waals surface area contributed by atoms with E-state index in [1.54, 1.807) is 7.05 Å². The molecule has 0 atom stereocenters. The Balaban J connectivity index is 1.78. The second-order valence-electron chi connectivity index (χ2n) is 6.64. The number of hydrogen-bond acceptors (Lipinski definition) is 3. The number of likely N-dealkylation sites (N-methyl/N-ethyl adjacent to an activating group) is 1. The van der Waals surface area contributed by atoms with Gasteiger partial charge in [0.2, 0.25) is 0 Å². The Bertz CT molecular complexity index is 595. The van der Waals surface area contributed by atoms with Gasteiger partial charge in [-0.1, -0.05) is 12.1 Å². The Morgan fingerprint density at radius 3 is 2.50 bits per heavy atom. The van der Waals surface area contributed by atoms with Gasteiger partial charge in [0.1, 0.15) is 0 Å². The van der Waals surface area contributed by atoms with Gasteiger partial charge in [0.25, 0.3) is 0 Å². The number of halogens is 3. The molecular formula is C18H28F3N5. The van der Waals surface area contributed by atoms with Crippen molar-refractivity contribution in [1.29, 1.82) is 0 Å². The van der Waals surface area contributed by atoms with Crippen LogP contribution < -0.4 is 10.2 Å². The Morgan fingerprint density at radius 1 is 1.23 bits per heavy atom. The van der Waals surface area contributed by atoms with E-state index >= 15 is 0 Å². The molecule has 1 aliphatic heterocycles. The maximum absolute atomic E-state index is 12.4. The first kappa shape index (κ1) is 20.4. The summed E-state index contributed by atoms with van der Waals surface area (Å²) in [6, 6.07) is 8.45. The molecule has 1 heterocycles. The molecule has 1 aliphatic rings. The predicted molar refractivity (Wildman–Crippen MR) is 99.9 cm³/mol. The van der Waals surface area contributed by atoms with E-state index in [9.17, 15) is 13.2 Å². The van der Waals surface area contributed by atoms with E-state index in [4.69, 9.17) is 0 Å². The lowest BCUT2D eigenvalue weighted by molar-refractivity contribution is -0.142. The smallest absolute Gasteiger partial charge is 0.368 e. The maximum atomic E-state index is 12.4. The van der Waals surface area contributed by atoms with E-state index in [0.29, 0.717) is 13.1 Å². The zero-order valence-electron chi connectivity index (χ0n) is 15.7. The Morgan fingerprint density at radius 2 is 1.92 bits per heavy atom. The summed E-state index contributed by atoms with van der Waals surface area (Å²) in [6.07, 6.45) is -4.16. The molecule has 8 heteroatoms.